The minimum absolute atomic E-state index is 0.501. The van der Waals surface area contributed by atoms with Crippen molar-refractivity contribution in [3.05, 3.63) is 96.1 Å². The number of aromatic nitrogens is 2. The van der Waals surface area contributed by atoms with Crippen LogP contribution in [0.3, 0.4) is 0 Å². The second kappa shape index (κ2) is 7.64. The van der Waals surface area contributed by atoms with E-state index in [4.69, 9.17) is 13.6 Å². The van der Waals surface area contributed by atoms with E-state index in [-0.39, 0.29) is 0 Å². The molecule has 4 aromatic carbocycles. The van der Waals surface area contributed by atoms with Gasteiger partial charge in [-0.25, -0.2) is 9.97 Å². The van der Waals surface area contributed by atoms with Crippen LogP contribution in [-0.4, -0.2) is 9.97 Å². The average Bonchev–Trinajstić information content (AvgIpc) is 3.45. The van der Waals surface area contributed by atoms with Gasteiger partial charge in [-0.15, -0.1) is 0 Å². The molecule has 0 saturated carbocycles. The van der Waals surface area contributed by atoms with Crippen molar-refractivity contribution in [1.82, 2.24) is 9.97 Å². The van der Waals surface area contributed by atoms with E-state index in [0.717, 1.165) is 50.2 Å². The fraction of sp³-hybridized carbons (Fsp3) is 0.0714. The van der Waals surface area contributed by atoms with Crippen LogP contribution in [0.1, 0.15) is 11.1 Å². The molecule has 0 aliphatic rings. The highest BCUT2D eigenvalue weighted by molar-refractivity contribution is 5.80. The number of para-hydroxylation sites is 5. The summed E-state index contributed by atoms with van der Waals surface area (Å²) >= 11 is 0. The quantitative estimate of drug-likeness (QED) is 0.285. The van der Waals surface area contributed by atoms with Gasteiger partial charge in [0.15, 0.2) is 11.2 Å². The van der Waals surface area contributed by atoms with Gasteiger partial charge in [0, 0.05) is 5.56 Å². The first-order valence-corrected chi connectivity index (χ1v) is 10.8. The third-order valence-electron chi connectivity index (χ3n) is 5.67. The van der Waals surface area contributed by atoms with E-state index in [1.807, 2.05) is 98.8 Å². The number of benzene rings is 4. The van der Waals surface area contributed by atoms with Gasteiger partial charge in [-0.2, -0.15) is 0 Å². The van der Waals surface area contributed by atoms with Gasteiger partial charge in [0.05, 0.1) is 5.56 Å². The normalized spacial score (nSPS) is 11.3. The van der Waals surface area contributed by atoms with Crippen LogP contribution in [-0.2, 0) is 0 Å². The first kappa shape index (κ1) is 19.3. The lowest BCUT2D eigenvalue weighted by Gasteiger charge is -2.14. The predicted molar refractivity (Wildman–Crippen MR) is 128 cm³/mol. The first-order valence-electron chi connectivity index (χ1n) is 10.8. The number of nitrogens with zero attached hydrogens (tertiary/aromatic N) is 2. The highest BCUT2D eigenvalue weighted by Gasteiger charge is 2.18. The number of aryl methyl sites for hydroxylation is 2. The highest BCUT2D eigenvalue weighted by atomic mass is 16.5. The SMILES string of the molecule is Cc1cccc(C)c1Oc1cc(-c2nc3ccccc3o2)ccc1-c1nc2ccccc2o1. The van der Waals surface area contributed by atoms with Gasteiger partial charge in [-0.1, -0.05) is 42.5 Å². The van der Waals surface area contributed by atoms with Gasteiger partial charge in [-0.3, -0.25) is 0 Å². The Morgan fingerprint density at radius 3 is 1.91 bits per heavy atom. The molecule has 6 rings (SSSR count). The van der Waals surface area contributed by atoms with Crippen LogP contribution in [0.2, 0.25) is 0 Å². The summed E-state index contributed by atoms with van der Waals surface area (Å²) in [6.45, 7) is 4.07. The third-order valence-corrected chi connectivity index (χ3v) is 5.67. The number of oxazole rings is 2. The van der Waals surface area contributed by atoms with Gasteiger partial charge in [0.2, 0.25) is 11.8 Å². The molecule has 0 bridgehead atoms. The van der Waals surface area contributed by atoms with E-state index in [1.165, 1.54) is 0 Å². The summed E-state index contributed by atoms with van der Waals surface area (Å²) in [5.74, 6) is 2.47. The molecular formula is C28H20N2O3. The Bertz CT molecular complexity index is 1540. The second-order valence-electron chi connectivity index (χ2n) is 8.01. The van der Waals surface area contributed by atoms with Crippen molar-refractivity contribution in [1.29, 1.82) is 0 Å². The summed E-state index contributed by atoms with van der Waals surface area (Å²) in [4.78, 5) is 9.32. The smallest absolute Gasteiger partial charge is 0.231 e. The number of fused-ring (bicyclic) bond motifs is 2. The van der Waals surface area contributed by atoms with Gasteiger partial charge >= 0.3 is 0 Å². The van der Waals surface area contributed by atoms with Crippen LogP contribution >= 0.6 is 0 Å². The van der Waals surface area contributed by atoms with Crippen LogP contribution in [0.25, 0.3) is 45.1 Å². The Morgan fingerprint density at radius 1 is 0.636 bits per heavy atom. The van der Waals surface area contributed by atoms with Crippen molar-refractivity contribution in [2.24, 2.45) is 0 Å². The lowest BCUT2D eigenvalue weighted by atomic mass is 10.1. The molecule has 0 unspecified atom stereocenters. The molecule has 33 heavy (non-hydrogen) atoms. The number of rotatable bonds is 4. The summed E-state index contributed by atoms with van der Waals surface area (Å²) < 4.78 is 18.5. The van der Waals surface area contributed by atoms with Gasteiger partial charge < -0.3 is 13.6 Å². The Morgan fingerprint density at radius 2 is 1.24 bits per heavy atom. The molecule has 0 aliphatic carbocycles. The molecule has 2 heterocycles. The molecule has 160 valence electrons. The van der Waals surface area contributed by atoms with Crippen LogP contribution in [0.5, 0.6) is 11.5 Å². The van der Waals surface area contributed by atoms with E-state index in [0.29, 0.717) is 17.5 Å². The van der Waals surface area contributed by atoms with Crippen molar-refractivity contribution in [3.63, 3.8) is 0 Å². The molecule has 0 radical (unpaired) electrons. The molecule has 2 aromatic heterocycles. The van der Waals surface area contributed by atoms with E-state index >= 15 is 0 Å². The molecule has 0 atom stereocenters. The van der Waals surface area contributed by atoms with Crippen LogP contribution in [0, 0.1) is 13.8 Å². The molecule has 6 aromatic rings. The minimum atomic E-state index is 0.501. The summed E-state index contributed by atoms with van der Waals surface area (Å²) in [6, 6.07) is 27.4. The highest BCUT2D eigenvalue weighted by Crippen LogP contribution is 2.39. The van der Waals surface area contributed by atoms with E-state index < -0.39 is 0 Å². The molecule has 0 aliphatic heterocycles. The maximum Gasteiger partial charge on any atom is 0.231 e. The lowest BCUT2D eigenvalue weighted by molar-refractivity contribution is 0.474. The Hall–Kier alpha value is -4.38. The van der Waals surface area contributed by atoms with Crippen molar-refractivity contribution in [3.8, 4) is 34.4 Å². The molecule has 0 amide bonds. The van der Waals surface area contributed by atoms with Gasteiger partial charge in [0.25, 0.3) is 0 Å². The Balaban J connectivity index is 1.52. The summed E-state index contributed by atoms with van der Waals surface area (Å²) in [5, 5.41) is 0. The summed E-state index contributed by atoms with van der Waals surface area (Å²) in [6.07, 6.45) is 0. The zero-order chi connectivity index (χ0) is 22.4. The molecule has 0 saturated heterocycles. The van der Waals surface area contributed by atoms with Crippen molar-refractivity contribution in [2.45, 2.75) is 13.8 Å². The largest absolute Gasteiger partial charge is 0.456 e. The van der Waals surface area contributed by atoms with E-state index in [2.05, 4.69) is 9.97 Å². The molecule has 0 spiro atoms. The van der Waals surface area contributed by atoms with E-state index in [1.54, 1.807) is 0 Å². The maximum atomic E-state index is 6.49. The van der Waals surface area contributed by atoms with Crippen molar-refractivity contribution in [2.75, 3.05) is 0 Å². The van der Waals surface area contributed by atoms with Crippen molar-refractivity contribution < 1.29 is 13.6 Å². The zero-order valence-corrected chi connectivity index (χ0v) is 18.2. The fourth-order valence-electron chi connectivity index (χ4n) is 3.97. The third kappa shape index (κ3) is 3.44. The Labute approximate surface area is 190 Å². The van der Waals surface area contributed by atoms with Crippen LogP contribution < -0.4 is 4.74 Å². The van der Waals surface area contributed by atoms with Gasteiger partial charge in [-0.05, 0) is 67.4 Å². The second-order valence-corrected chi connectivity index (χ2v) is 8.01. The number of hydrogen-bond donors (Lipinski definition) is 0. The molecular weight excluding hydrogens is 412 g/mol. The summed E-state index contributed by atoms with van der Waals surface area (Å²) in [7, 11) is 0. The summed E-state index contributed by atoms with van der Waals surface area (Å²) in [5.41, 5.74) is 6.75. The monoisotopic (exact) mass is 432 g/mol. The first-order chi connectivity index (χ1) is 16.2. The molecule has 0 fully saturated rings. The predicted octanol–water partition coefficient (Wildman–Crippen LogP) is 7.71. The standard InChI is InChI=1S/C28H20N2O3/c1-17-8-7-9-18(2)26(17)31-25-16-19(27-29-21-10-3-5-12-23(21)32-27)14-15-20(25)28-30-22-11-4-6-13-24(22)33-28/h3-16H,1-2H3. The zero-order valence-electron chi connectivity index (χ0n) is 18.2. The maximum absolute atomic E-state index is 6.49. The number of hydrogen-bond acceptors (Lipinski definition) is 5. The van der Waals surface area contributed by atoms with E-state index in [9.17, 15) is 0 Å². The lowest BCUT2D eigenvalue weighted by Crippen LogP contribution is -1.94. The van der Waals surface area contributed by atoms with Gasteiger partial charge in [0.1, 0.15) is 22.5 Å². The molecule has 5 nitrogen and oxygen atoms in total. The Kier molecular flexibility index (Phi) is 4.47. The van der Waals surface area contributed by atoms with Crippen LogP contribution in [0.4, 0.5) is 0 Å². The minimum Gasteiger partial charge on any atom is -0.456 e. The fourth-order valence-corrected chi connectivity index (χ4v) is 3.97. The number of ether oxygens (including phenoxy) is 1. The van der Waals surface area contributed by atoms with Crippen molar-refractivity contribution >= 4 is 22.2 Å². The topological polar surface area (TPSA) is 61.3 Å². The molecule has 5 heteroatoms. The average molecular weight is 432 g/mol. The molecule has 0 N–H and O–H groups in total. The van der Waals surface area contributed by atoms with Crippen LogP contribution in [0.15, 0.2) is 93.8 Å².